The van der Waals surface area contributed by atoms with E-state index < -0.39 is 5.41 Å². The van der Waals surface area contributed by atoms with Crippen molar-refractivity contribution >= 4 is 0 Å². The molecule has 0 fully saturated rings. The molecule has 3 aliphatic carbocycles. The quantitative estimate of drug-likeness (QED) is 0.0354. The van der Waals surface area contributed by atoms with Crippen molar-refractivity contribution in [2.75, 3.05) is 13.2 Å². The first-order chi connectivity index (χ1) is 60.8. The van der Waals surface area contributed by atoms with Crippen molar-refractivity contribution < 1.29 is 9.47 Å². The van der Waals surface area contributed by atoms with E-state index in [4.69, 9.17) is 9.47 Å². The summed E-state index contributed by atoms with van der Waals surface area (Å²) < 4.78 is 12.3. The average Bonchev–Trinajstić information content (AvgIpc) is 1.56. The van der Waals surface area contributed by atoms with Crippen LogP contribution in [0.25, 0.3) is 33.4 Å². The molecule has 0 aromatic heterocycles. The van der Waals surface area contributed by atoms with Gasteiger partial charge in [0.25, 0.3) is 0 Å². The Morgan fingerprint density at radius 3 is 0.816 bits per heavy atom. The first-order valence-electron chi connectivity index (χ1n) is 50.3. The Bertz CT molecular complexity index is 4870. The van der Waals surface area contributed by atoms with Crippen LogP contribution < -0.4 is 9.47 Å². The van der Waals surface area contributed by atoms with Crippen molar-refractivity contribution in [3.63, 3.8) is 0 Å². The number of hydrogen-bond acceptors (Lipinski definition) is 2. The van der Waals surface area contributed by atoms with Crippen molar-refractivity contribution in [1.29, 1.82) is 0 Å². The number of aryl methyl sites for hydroxylation is 10. The van der Waals surface area contributed by atoms with Crippen LogP contribution in [-0.4, -0.2) is 13.2 Å². The topological polar surface area (TPSA) is 18.5 Å². The average molecular weight is 1670 g/mol. The molecule has 14 rings (SSSR count). The first-order valence-corrected chi connectivity index (χ1v) is 50.3. The summed E-state index contributed by atoms with van der Waals surface area (Å²) in [6.07, 6.45) is 44.4. The molecule has 0 spiro atoms. The Balaban J connectivity index is 0.000000175. The smallest absolute Gasteiger partial charge is 0.119 e. The van der Waals surface area contributed by atoms with Gasteiger partial charge in [0.05, 0.1) is 24.0 Å². The Morgan fingerprint density at radius 2 is 0.504 bits per heavy atom. The normalized spacial score (nSPS) is 13.4. The Hall–Kier alpha value is -8.98. The lowest BCUT2D eigenvalue weighted by molar-refractivity contribution is 0.305. The number of rotatable bonds is 44. The fourth-order valence-corrected chi connectivity index (χ4v) is 21.1. The Kier molecular flexibility index (Phi) is 35.1. The molecule has 0 saturated carbocycles. The molecule has 2 heteroatoms. The molecule has 0 saturated heterocycles. The van der Waals surface area contributed by atoms with Gasteiger partial charge in [-0.05, 0) is 264 Å². The van der Waals surface area contributed by atoms with Gasteiger partial charge in [0.2, 0.25) is 0 Å². The second kappa shape index (κ2) is 46.1. The maximum Gasteiger partial charge on any atom is 0.119 e. The van der Waals surface area contributed by atoms with Crippen molar-refractivity contribution in [2.24, 2.45) is 0 Å². The predicted octanol–water partition coefficient (Wildman–Crippen LogP) is 35.4. The molecule has 11 aromatic carbocycles. The van der Waals surface area contributed by atoms with E-state index in [1.54, 1.807) is 22.3 Å². The molecule has 0 atom stereocenters. The molecule has 2 nitrogen and oxygen atoms in total. The van der Waals surface area contributed by atoms with Crippen LogP contribution in [0.4, 0.5) is 0 Å². The Morgan fingerprint density at radius 1 is 0.232 bits per heavy atom. The van der Waals surface area contributed by atoms with Crippen molar-refractivity contribution in [3.8, 4) is 44.9 Å². The SMILES string of the molecule is CCCCCCCCC1(c2cccc(C(C)(C)C)c2)c2cc(C)ccc2-c2ccc(C)cc21.CCCCCCOc1ccc(C2(c3ccc(OCCCCCC)cc3)c3cc(C)ccc3-c3ccc(C)cc32)cc1.CCCCCCc1cc(CCCCCC)cc(C2(c3cc(CCCCCC)cc(CCCCCC)c3)c3cc(C)ccc3-c3ccc(C)cc32)c1. The molecule has 0 aliphatic heterocycles. The minimum Gasteiger partial charge on any atom is -0.494 e. The van der Waals surface area contributed by atoms with Gasteiger partial charge in [0, 0.05) is 5.41 Å². The van der Waals surface area contributed by atoms with E-state index in [2.05, 4.69) is 329 Å². The van der Waals surface area contributed by atoms with Gasteiger partial charge in [-0.15, -0.1) is 0 Å². The standard InChI is InChI=1S/C51H70.C39H46O2.C33H42/c1-7-11-15-19-23-41-33-42(24-20-16-12-8-2)36-45(35-41)51(49-31-39(5)27-29-47(49)48-30-28-40(6)32-50(48)51)46-37-43(25-21-17-13-9-3)34-44(38-46)26-22-18-14-10-4;1-5-7-9-11-25-40-33-19-15-31(16-20-33)39(32-17-21-34(22-18-32)41-26-12-10-8-6-2)37-27-29(3)13-23-35(37)36-24-14-30(4)28-38(36)39;1-7-8-9-10-11-12-20-33(27-15-13-14-26(23-27)32(4,5)6)30-21-24(2)16-18-28(30)29-19-17-25(3)22-31(29)33/h27-38H,7-26H2,1-6H3;13-24,27-28H,5-12,25-26H2,1-4H3;13-19,21-23H,7-12,20H2,1-6H3. The van der Waals surface area contributed by atoms with Crippen LogP contribution in [0.2, 0.25) is 0 Å². The van der Waals surface area contributed by atoms with Crippen molar-refractivity contribution in [2.45, 2.75) is 357 Å². The highest BCUT2D eigenvalue weighted by Crippen LogP contribution is 2.60. The summed E-state index contributed by atoms with van der Waals surface area (Å²) in [6, 6.07) is 85.8. The second-order valence-corrected chi connectivity index (χ2v) is 39.2. The lowest BCUT2D eigenvalue weighted by Gasteiger charge is -2.36. The van der Waals surface area contributed by atoms with Crippen molar-refractivity contribution in [3.05, 3.63) is 341 Å². The van der Waals surface area contributed by atoms with Gasteiger partial charge in [-0.2, -0.15) is 0 Å². The lowest BCUT2D eigenvalue weighted by Crippen LogP contribution is -2.30. The molecular formula is C123H158O2. The Labute approximate surface area is 760 Å². The highest BCUT2D eigenvalue weighted by Gasteiger charge is 2.49. The van der Waals surface area contributed by atoms with Crippen LogP contribution >= 0.6 is 0 Å². The lowest BCUT2D eigenvalue weighted by atomic mass is 9.66. The van der Waals surface area contributed by atoms with Gasteiger partial charge < -0.3 is 9.47 Å². The largest absolute Gasteiger partial charge is 0.494 e. The van der Waals surface area contributed by atoms with Crippen LogP contribution in [0.5, 0.6) is 11.5 Å². The summed E-state index contributed by atoms with van der Waals surface area (Å²) in [4.78, 5) is 0. The third kappa shape index (κ3) is 22.8. The van der Waals surface area contributed by atoms with E-state index >= 15 is 0 Å². The van der Waals surface area contributed by atoms with E-state index in [0.29, 0.717) is 0 Å². The third-order valence-corrected chi connectivity index (χ3v) is 27.9. The molecule has 3 aliphatic rings. The zero-order chi connectivity index (χ0) is 88.4. The monoisotopic (exact) mass is 1670 g/mol. The van der Waals surface area contributed by atoms with Gasteiger partial charge in [-0.25, -0.2) is 0 Å². The van der Waals surface area contributed by atoms with E-state index in [0.717, 1.165) is 37.6 Å². The number of ether oxygens (including phenoxy) is 2. The molecule has 0 radical (unpaired) electrons. The zero-order valence-corrected chi connectivity index (χ0v) is 80.8. The molecule has 662 valence electrons. The van der Waals surface area contributed by atoms with Gasteiger partial charge in [0.15, 0.2) is 0 Å². The highest BCUT2D eigenvalue weighted by molar-refractivity contribution is 5.89. The van der Waals surface area contributed by atoms with Gasteiger partial charge in [0.1, 0.15) is 11.5 Å². The summed E-state index contributed by atoms with van der Waals surface area (Å²) in [5.74, 6) is 1.89. The summed E-state index contributed by atoms with van der Waals surface area (Å²) >= 11 is 0. The van der Waals surface area contributed by atoms with E-state index in [1.807, 2.05) is 0 Å². The number of unbranched alkanes of at least 4 members (excludes halogenated alkanes) is 23. The molecule has 0 N–H and O–H groups in total. The summed E-state index contributed by atoms with van der Waals surface area (Å²) in [6.45, 7) is 38.1. The molecule has 11 aromatic rings. The van der Waals surface area contributed by atoms with Gasteiger partial charge in [-0.1, -0.05) is 451 Å². The fraction of sp³-hybridized carbons (Fsp3) is 0.463. The molecule has 0 bridgehead atoms. The molecule has 0 amide bonds. The van der Waals surface area contributed by atoms with Gasteiger partial charge in [-0.3, -0.25) is 0 Å². The van der Waals surface area contributed by atoms with Crippen LogP contribution in [0.1, 0.15) is 391 Å². The maximum atomic E-state index is 6.15. The molecule has 0 heterocycles. The summed E-state index contributed by atoms with van der Waals surface area (Å²) in [5.41, 5.74) is 38.9. The van der Waals surface area contributed by atoms with Crippen LogP contribution in [0, 0.1) is 41.5 Å². The fourth-order valence-electron chi connectivity index (χ4n) is 21.1. The van der Waals surface area contributed by atoms with Crippen LogP contribution in [0.15, 0.2) is 218 Å². The third-order valence-electron chi connectivity index (χ3n) is 27.9. The first kappa shape index (κ1) is 95.1. The molecule has 0 unspecified atom stereocenters. The minimum absolute atomic E-state index is 0.0608. The number of benzene rings is 11. The van der Waals surface area contributed by atoms with Crippen molar-refractivity contribution in [1.82, 2.24) is 0 Å². The summed E-state index contributed by atoms with van der Waals surface area (Å²) in [7, 11) is 0. The second-order valence-electron chi connectivity index (χ2n) is 39.2. The van der Waals surface area contributed by atoms with E-state index in [9.17, 15) is 0 Å². The van der Waals surface area contributed by atoms with Crippen LogP contribution in [-0.2, 0) is 47.3 Å². The van der Waals surface area contributed by atoms with Gasteiger partial charge >= 0.3 is 0 Å². The predicted molar refractivity (Wildman–Crippen MR) is 541 cm³/mol. The molecular weight excluding hydrogens is 1510 g/mol. The highest BCUT2D eigenvalue weighted by atomic mass is 16.5. The number of hydrogen-bond donors (Lipinski definition) is 0. The van der Waals surface area contributed by atoms with E-state index in [-0.39, 0.29) is 16.2 Å². The molecule has 125 heavy (non-hydrogen) atoms. The zero-order valence-electron chi connectivity index (χ0n) is 80.8. The van der Waals surface area contributed by atoms with Crippen LogP contribution in [0.3, 0.4) is 0 Å². The summed E-state index contributed by atoms with van der Waals surface area (Å²) in [5, 5.41) is 0. The minimum atomic E-state index is -0.415. The maximum absolute atomic E-state index is 6.15. The number of fused-ring (bicyclic) bond motifs is 9. The van der Waals surface area contributed by atoms with E-state index in [1.165, 1.54) is 345 Å².